The minimum Gasteiger partial charge on any atom is -0.465 e. The van der Waals surface area contributed by atoms with E-state index in [1.165, 1.54) is 5.01 Å². The van der Waals surface area contributed by atoms with Gasteiger partial charge in [0.25, 0.3) is 5.91 Å². The van der Waals surface area contributed by atoms with E-state index < -0.39 is 5.97 Å². The van der Waals surface area contributed by atoms with Crippen LogP contribution in [-0.4, -0.2) is 49.1 Å². The highest BCUT2D eigenvalue weighted by molar-refractivity contribution is 6.00. The molecule has 0 fully saturated rings. The van der Waals surface area contributed by atoms with Gasteiger partial charge < -0.3 is 10.5 Å². The highest BCUT2D eigenvalue weighted by Crippen LogP contribution is 2.16. The van der Waals surface area contributed by atoms with Crippen LogP contribution in [0.3, 0.4) is 0 Å². The first-order valence-electron chi connectivity index (χ1n) is 6.37. The predicted molar refractivity (Wildman–Crippen MR) is 76.9 cm³/mol. The molecule has 0 spiro atoms. The molecule has 0 radical (unpaired) electrons. The summed E-state index contributed by atoms with van der Waals surface area (Å²) < 4.78 is 4.87. The summed E-state index contributed by atoms with van der Waals surface area (Å²) in [6, 6.07) is 5.22. The molecule has 0 bridgehead atoms. The molecule has 0 heterocycles. The summed E-state index contributed by atoms with van der Waals surface area (Å²) in [6.07, 6.45) is 0. The number of nitrogens with zero attached hydrogens (tertiary/aromatic N) is 2. The third-order valence-electron chi connectivity index (χ3n) is 2.74. The molecule has 1 amide bonds. The maximum absolute atomic E-state index is 12.5. The number of hydrazine groups is 1. The minimum absolute atomic E-state index is 0.146. The standard InChI is InChI=1S/C14H21N3O3/c1-5-20-13(18)9-17(16(3)4)14(19)11-8-10(2)6-7-12(11)15/h6-8H,5,9,15H2,1-4H3. The van der Waals surface area contributed by atoms with Crippen molar-refractivity contribution < 1.29 is 14.3 Å². The van der Waals surface area contributed by atoms with E-state index in [4.69, 9.17) is 10.5 Å². The summed E-state index contributed by atoms with van der Waals surface area (Å²) in [5.74, 6) is -0.787. The van der Waals surface area contributed by atoms with Crippen LogP contribution in [0.2, 0.25) is 0 Å². The first-order valence-corrected chi connectivity index (χ1v) is 6.37. The average molecular weight is 279 g/mol. The van der Waals surface area contributed by atoms with Gasteiger partial charge in [0.15, 0.2) is 0 Å². The van der Waals surface area contributed by atoms with Crippen molar-refractivity contribution >= 4 is 17.6 Å². The second kappa shape index (κ2) is 6.91. The molecule has 1 rings (SSSR count). The van der Waals surface area contributed by atoms with Gasteiger partial charge in [-0.05, 0) is 26.0 Å². The Morgan fingerprint density at radius 2 is 1.95 bits per heavy atom. The Morgan fingerprint density at radius 3 is 2.50 bits per heavy atom. The van der Waals surface area contributed by atoms with Crippen molar-refractivity contribution in [2.75, 3.05) is 33.0 Å². The zero-order chi connectivity index (χ0) is 15.3. The topological polar surface area (TPSA) is 75.9 Å². The fourth-order valence-electron chi connectivity index (χ4n) is 1.72. The molecule has 1 aromatic rings. The summed E-state index contributed by atoms with van der Waals surface area (Å²) in [6.45, 7) is 3.73. The van der Waals surface area contributed by atoms with Crippen LogP contribution < -0.4 is 5.73 Å². The number of anilines is 1. The van der Waals surface area contributed by atoms with Crippen molar-refractivity contribution in [1.29, 1.82) is 0 Å². The molecule has 0 saturated heterocycles. The van der Waals surface area contributed by atoms with Crippen LogP contribution in [0.4, 0.5) is 5.69 Å². The molecule has 0 aliphatic heterocycles. The summed E-state index contributed by atoms with van der Waals surface area (Å²) in [7, 11) is 3.37. The molecule has 0 unspecified atom stereocenters. The minimum atomic E-state index is -0.458. The second-order valence-electron chi connectivity index (χ2n) is 4.61. The summed E-state index contributed by atoms with van der Waals surface area (Å²) in [5, 5.41) is 2.84. The van der Waals surface area contributed by atoms with Crippen molar-refractivity contribution in [3.8, 4) is 0 Å². The second-order valence-corrected chi connectivity index (χ2v) is 4.61. The Hall–Kier alpha value is -2.08. The molecule has 0 saturated carbocycles. The number of hydrogen-bond acceptors (Lipinski definition) is 5. The van der Waals surface area contributed by atoms with Crippen LogP contribution in [0.1, 0.15) is 22.8 Å². The number of esters is 1. The first-order chi connectivity index (χ1) is 9.36. The maximum Gasteiger partial charge on any atom is 0.327 e. The van der Waals surface area contributed by atoms with Crippen LogP contribution >= 0.6 is 0 Å². The van der Waals surface area contributed by atoms with Gasteiger partial charge in [-0.3, -0.25) is 14.6 Å². The normalized spacial score (nSPS) is 10.4. The van der Waals surface area contributed by atoms with E-state index in [9.17, 15) is 9.59 Å². The Bertz CT molecular complexity index is 500. The molecular weight excluding hydrogens is 258 g/mol. The fourth-order valence-corrected chi connectivity index (χ4v) is 1.72. The predicted octanol–water partition coefficient (Wildman–Crippen LogP) is 1.06. The number of carbonyl (C=O) groups excluding carboxylic acids is 2. The quantitative estimate of drug-likeness (QED) is 0.495. The van der Waals surface area contributed by atoms with E-state index in [1.54, 1.807) is 38.2 Å². The van der Waals surface area contributed by atoms with Crippen molar-refractivity contribution in [3.05, 3.63) is 29.3 Å². The van der Waals surface area contributed by atoms with Crippen molar-refractivity contribution in [3.63, 3.8) is 0 Å². The molecule has 110 valence electrons. The maximum atomic E-state index is 12.5. The summed E-state index contributed by atoms with van der Waals surface area (Å²) in [5.41, 5.74) is 7.53. The number of ether oxygens (including phenoxy) is 1. The van der Waals surface area contributed by atoms with Crippen LogP contribution in [0.25, 0.3) is 0 Å². The molecule has 0 aromatic heterocycles. The van der Waals surface area contributed by atoms with Gasteiger partial charge in [-0.2, -0.15) is 0 Å². The van der Waals surface area contributed by atoms with E-state index in [2.05, 4.69) is 0 Å². The van der Waals surface area contributed by atoms with E-state index in [0.717, 1.165) is 5.56 Å². The van der Waals surface area contributed by atoms with Crippen LogP contribution in [0, 0.1) is 6.92 Å². The van der Waals surface area contributed by atoms with Crippen LogP contribution in [-0.2, 0) is 9.53 Å². The molecule has 6 heteroatoms. The third-order valence-corrected chi connectivity index (χ3v) is 2.74. The zero-order valence-corrected chi connectivity index (χ0v) is 12.3. The lowest BCUT2D eigenvalue weighted by Crippen LogP contribution is -2.45. The van der Waals surface area contributed by atoms with Gasteiger partial charge in [-0.25, -0.2) is 5.01 Å². The molecule has 6 nitrogen and oxygen atoms in total. The zero-order valence-electron chi connectivity index (χ0n) is 12.3. The molecular formula is C14H21N3O3. The lowest BCUT2D eigenvalue weighted by atomic mass is 10.1. The number of carbonyl (C=O) groups is 2. The molecule has 0 aliphatic rings. The number of nitrogen functional groups attached to an aromatic ring is 1. The largest absolute Gasteiger partial charge is 0.465 e. The number of amides is 1. The van der Waals surface area contributed by atoms with Crippen molar-refractivity contribution in [2.24, 2.45) is 0 Å². The Kier molecular flexibility index (Phi) is 5.52. The lowest BCUT2D eigenvalue weighted by Gasteiger charge is -2.28. The van der Waals surface area contributed by atoms with Gasteiger partial charge in [0.1, 0.15) is 6.54 Å². The van der Waals surface area contributed by atoms with Gasteiger partial charge in [0.2, 0.25) is 0 Å². The van der Waals surface area contributed by atoms with Crippen molar-refractivity contribution in [2.45, 2.75) is 13.8 Å². The van der Waals surface area contributed by atoms with Crippen molar-refractivity contribution in [1.82, 2.24) is 10.0 Å². The van der Waals surface area contributed by atoms with Crippen LogP contribution in [0.15, 0.2) is 18.2 Å². The van der Waals surface area contributed by atoms with E-state index >= 15 is 0 Å². The smallest absolute Gasteiger partial charge is 0.327 e. The Balaban J connectivity index is 2.99. The van der Waals surface area contributed by atoms with Gasteiger partial charge in [-0.15, -0.1) is 0 Å². The van der Waals surface area contributed by atoms with Gasteiger partial charge in [0, 0.05) is 19.8 Å². The molecule has 20 heavy (non-hydrogen) atoms. The molecule has 0 aliphatic carbocycles. The highest BCUT2D eigenvalue weighted by Gasteiger charge is 2.23. The third kappa shape index (κ3) is 3.96. The number of rotatable bonds is 5. The SMILES string of the molecule is CCOC(=O)CN(C(=O)c1cc(C)ccc1N)N(C)C. The van der Waals surface area contributed by atoms with Crippen LogP contribution in [0.5, 0.6) is 0 Å². The number of benzene rings is 1. The molecule has 0 atom stereocenters. The summed E-state index contributed by atoms with van der Waals surface area (Å²) in [4.78, 5) is 24.1. The summed E-state index contributed by atoms with van der Waals surface area (Å²) >= 11 is 0. The van der Waals surface area contributed by atoms with Gasteiger partial charge in [0.05, 0.1) is 12.2 Å². The fraction of sp³-hybridized carbons (Fsp3) is 0.429. The number of aryl methyl sites for hydroxylation is 1. The van der Waals surface area contributed by atoms with E-state index in [0.29, 0.717) is 11.3 Å². The monoisotopic (exact) mass is 279 g/mol. The Labute approximate surface area is 119 Å². The lowest BCUT2D eigenvalue weighted by molar-refractivity contribution is -0.146. The number of hydrogen-bond donors (Lipinski definition) is 1. The highest BCUT2D eigenvalue weighted by atomic mass is 16.5. The van der Waals surface area contributed by atoms with Gasteiger partial charge >= 0.3 is 5.97 Å². The molecule has 1 aromatic carbocycles. The number of nitrogens with two attached hydrogens (primary N) is 1. The average Bonchev–Trinajstić information content (AvgIpc) is 2.38. The van der Waals surface area contributed by atoms with E-state index in [1.807, 2.05) is 13.0 Å². The van der Waals surface area contributed by atoms with Gasteiger partial charge in [-0.1, -0.05) is 11.6 Å². The molecule has 2 N–H and O–H groups in total. The van der Waals surface area contributed by atoms with E-state index in [-0.39, 0.29) is 19.1 Å². The first kappa shape index (κ1) is 16.0. The Morgan fingerprint density at radius 1 is 1.30 bits per heavy atom.